The van der Waals surface area contributed by atoms with Gasteiger partial charge in [0.2, 0.25) is 5.91 Å². The average molecular weight is 261 g/mol. The number of nitrogens with one attached hydrogen (secondary N) is 2. The Morgan fingerprint density at radius 3 is 3.06 bits per heavy atom. The zero-order valence-electron chi connectivity index (χ0n) is 9.84. The van der Waals surface area contributed by atoms with Gasteiger partial charge in [0.25, 0.3) is 0 Å². The molecule has 2 atom stereocenters. The number of hydrogen-bond acceptors (Lipinski definition) is 4. The van der Waals surface area contributed by atoms with Crippen LogP contribution in [0.3, 0.4) is 0 Å². The lowest BCUT2D eigenvalue weighted by molar-refractivity contribution is -0.123. The highest BCUT2D eigenvalue weighted by atomic mass is 35.5. The molecule has 1 aliphatic rings. The number of morpholine rings is 1. The van der Waals surface area contributed by atoms with Crippen molar-refractivity contribution in [3.05, 3.63) is 12.4 Å². The highest BCUT2D eigenvalue weighted by molar-refractivity contribution is 5.95. The molecule has 0 unspecified atom stereocenters. The smallest absolute Gasteiger partial charge is 0.244 e. The minimum absolute atomic E-state index is 0. The van der Waals surface area contributed by atoms with Gasteiger partial charge >= 0.3 is 0 Å². The van der Waals surface area contributed by atoms with Crippen LogP contribution < -0.4 is 10.6 Å². The number of carbonyl (C=O) groups is 1. The van der Waals surface area contributed by atoms with Crippen LogP contribution in [0.1, 0.15) is 6.92 Å². The number of rotatable bonds is 2. The molecule has 96 valence electrons. The van der Waals surface area contributed by atoms with Gasteiger partial charge in [0.15, 0.2) is 0 Å². The van der Waals surface area contributed by atoms with E-state index in [1.165, 1.54) is 0 Å². The lowest BCUT2D eigenvalue weighted by atomic mass is 10.1. The molecule has 0 aromatic carbocycles. The number of halogens is 1. The van der Waals surface area contributed by atoms with Gasteiger partial charge in [0.1, 0.15) is 6.04 Å². The largest absolute Gasteiger partial charge is 0.375 e. The molecule has 1 aliphatic heterocycles. The molecule has 0 aliphatic carbocycles. The molecule has 1 fully saturated rings. The Kier molecular flexibility index (Phi) is 4.92. The number of hydrogen-bond donors (Lipinski definition) is 2. The SMILES string of the molecule is C[C@H]1OCCN[C@@H]1C(=O)Nc1cnn(C)c1.Cl. The van der Waals surface area contributed by atoms with Gasteiger partial charge in [-0.05, 0) is 6.92 Å². The Hall–Kier alpha value is -1.11. The topological polar surface area (TPSA) is 68.2 Å². The van der Waals surface area contributed by atoms with Gasteiger partial charge in [0, 0.05) is 19.8 Å². The number of ether oxygens (including phenoxy) is 1. The fourth-order valence-electron chi connectivity index (χ4n) is 1.73. The predicted octanol–water partition coefficient (Wildman–Crippen LogP) is 0.157. The number of anilines is 1. The van der Waals surface area contributed by atoms with Gasteiger partial charge in [0.05, 0.1) is 24.6 Å². The number of carbonyl (C=O) groups excluding carboxylic acids is 1. The summed E-state index contributed by atoms with van der Waals surface area (Å²) in [6.07, 6.45) is 3.27. The first-order chi connectivity index (χ1) is 7.66. The molecule has 1 aromatic heterocycles. The monoisotopic (exact) mass is 260 g/mol. The number of nitrogens with zero attached hydrogens (tertiary/aromatic N) is 2. The summed E-state index contributed by atoms with van der Waals surface area (Å²) < 4.78 is 7.05. The van der Waals surface area contributed by atoms with E-state index < -0.39 is 0 Å². The van der Waals surface area contributed by atoms with Gasteiger partial charge in [-0.2, -0.15) is 5.10 Å². The van der Waals surface area contributed by atoms with E-state index in [-0.39, 0.29) is 30.5 Å². The second-order valence-corrected chi connectivity index (χ2v) is 3.90. The minimum atomic E-state index is -0.297. The summed E-state index contributed by atoms with van der Waals surface area (Å²) in [6.45, 7) is 3.24. The number of aryl methyl sites for hydroxylation is 1. The van der Waals surface area contributed by atoms with Crippen LogP contribution in [0.4, 0.5) is 5.69 Å². The van der Waals surface area contributed by atoms with Crippen LogP contribution in [-0.2, 0) is 16.6 Å². The third kappa shape index (κ3) is 3.42. The van der Waals surface area contributed by atoms with E-state index >= 15 is 0 Å². The number of amides is 1. The van der Waals surface area contributed by atoms with Gasteiger partial charge < -0.3 is 15.4 Å². The van der Waals surface area contributed by atoms with Gasteiger partial charge in [-0.15, -0.1) is 12.4 Å². The zero-order chi connectivity index (χ0) is 11.5. The molecule has 1 saturated heterocycles. The molecule has 0 spiro atoms. The third-order valence-corrected chi connectivity index (χ3v) is 2.57. The lowest BCUT2D eigenvalue weighted by Gasteiger charge is -2.29. The minimum Gasteiger partial charge on any atom is -0.375 e. The molecule has 1 aromatic rings. The molecule has 7 heteroatoms. The van der Waals surface area contributed by atoms with E-state index in [2.05, 4.69) is 15.7 Å². The van der Waals surface area contributed by atoms with Crippen molar-refractivity contribution < 1.29 is 9.53 Å². The van der Waals surface area contributed by atoms with Crippen molar-refractivity contribution in [3.8, 4) is 0 Å². The molecule has 1 amide bonds. The first-order valence-corrected chi connectivity index (χ1v) is 5.31. The fraction of sp³-hybridized carbons (Fsp3) is 0.600. The van der Waals surface area contributed by atoms with E-state index in [1.54, 1.807) is 24.1 Å². The van der Waals surface area contributed by atoms with Crippen LogP contribution in [0.2, 0.25) is 0 Å². The molecular weight excluding hydrogens is 244 g/mol. The van der Waals surface area contributed by atoms with Crippen LogP contribution in [0, 0.1) is 0 Å². The van der Waals surface area contributed by atoms with E-state index in [9.17, 15) is 4.79 Å². The van der Waals surface area contributed by atoms with Gasteiger partial charge in [-0.25, -0.2) is 0 Å². The second kappa shape index (κ2) is 6.00. The second-order valence-electron chi connectivity index (χ2n) is 3.90. The van der Waals surface area contributed by atoms with Crippen LogP contribution in [-0.4, -0.2) is 41.0 Å². The number of aromatic nitrogens is 2. The normalized spacial score (nSPS) is 23.9. The highest BCUT2D eigenvalue weighted by Gasteiger charge is 2.28. The van der Waals surface area contributed by atoms with Crippen molar-refractivity contribution >= 4 is 24.0 Å². The van der Waals surface area contributed by atoms with Crippen molar-refractivity contribution in [1.29, 1.82) is 0 Å². The Bertz CT molecular complexity index is 382. The van der Waals surface area contributed by atoms with Crippen molar-refractivity contribution in [3.63, 3.8) is 0 Å². The van der Waals surface area contributed by atoms with Crippen molar-refractivity contribution in [1.82, 2.24) is 15.1 Å². The maximum atomic E-state index is 11.9. The van der Waals surface area contributed by atoms with Gasteiger partial charge in [-0.1, -0.05) is 0 Å². The van der Waals surface area contributed by atoms with E-state index in [0.717, 1.165) is 0 Å². The fourth-order valence-corrected chi connectivity index (χ4v) is 1.73. The summed E-state index contributed by atoms with van der Waals surface area (Å²) in [5, 5.41) is 9.91. The molecule has 6 nitrogen and oxygen atoms in total. The van der Waals surface area contributed by atoms with Crippen LogP contribution in [0.5, 0.6) is 0 Å². The van der Waals surface area contributed by atoms with E-state index in [4.69, 9.17) is 4.74 Å². The Morgan fingerprint density at radius 1 is 1.71 bits per heavy atom. The molecule has 2 heterocycles. The Labute approximate surface area is 106 Å². The Balaban J connectivity index is 0.00000144. The maximum Gasteiger partial charge on any atom is 0.244 e. The highest BCUT2D eigenvalue weighted by Crippen LogP contribution is 2.09. The molecule has 0 bridgehead atoms. The van der Waals surface area contributed by atoms with Gasteiger partial charge in [-0.3, -0.25) is 9.48 Å². The maximum absolute atomic E-state index is 11.9. The molecule has 17 heavy (non-hydrogen) atoms. The summed E-state index contributed by atoms with van der Waals surface area (Å²) in [5.74, 6) is -0.0831. The zero-order valence-corrected chi connectivity index (χ0v) is 10.7. The molecule has 0 radical (unpaired) electrons. The molecular formula is C10H17ClN4O2. The summed E-state index contributed by atoms with van der Waals surface area (Å²) >= 11 is 0. The standard InChI is InChI=1S/C10H16N4O2.ClH/c1-7-9(11-3-4-16-7)10(15)13-8-5-12-14(2)6-8;/h5-7,9,11H,3-4H2,1-2H3,(H,13,15);1H/t7-,9+;/m1./s1. The molecule has 2 N–H and O–H groups in total. The van der Waals surface area contributed by atoms with Crippen LogP contribution in [0.25, 0.3) is 0 Å². The predicted molar refractivity (Wildman–Crippen MR) is 66.3 cm³/mol. The first-order valence-electron chi connectivity index (χ1n) is 5.31. The average Bonchev–Trinajstić information content (AvgIpc) is 2.64. The van der Waals surface area contributed by atoms with Crippen molar-refractivity contribution in [2.75, 3.05) is 18.5 Å². The van der Waals surface area contributed by atoms with Crippen molar-refractivity contribution in [2.45, 2.75) is 19.1 Å². The quantitative estimate of drug-likeness (QED) is 0.795. The third-order valence-electron chi connectivity index (χ3n) is 2.57. The van der Waals surface area contributed by atoms with E-state index in [0.29, 0.717) is 18.8 Å². The summed E-state index contributed by atoms with van der Waals surface area (Å²) in [7, 11) is 1.81. The Morgan fingerprint density at radius 2 is 2.47 bits per heavy atom. The first kappa shape index (κ1) is 14.0. The summed E-state index contributed by atoms with van der Waals surface area (Å²) in [4.78, 5) is 11.9. The summed E-state index contributed by atoms with van der Waals surface area (Å²) in [6, 6.07) is -0.297. The lowest BCUT2D eigenvalue weighted by Crippen LogP contribution is -2.53. The van der Waals surface area contributed by atoms with Crippen LogP contribution >= 0.6 is 12.4 Å². The molecule has 2 rings (SSSR count). The van der Waals surface area contributed by atoms with E-state index in [1.807, 2.05) is 6.92 Å². The van der Waals surface area contributed by atoms with Crippen LogP contribution in [0.15, 0.2) is 12.4 Å². The molecule has 0 saturated carbocycles. The van der Waals surface area contributed by atoms with Crippen molar-refractivity contribution in [2.24, 2.45) is 7.05 Å². The summed E-state index contributed by atoms with van der Waals surface area (Å²) in [5.41, 5.74) is 0.701.